The summed E-state index contributed by atoms with van der Waals surface area (Å²) < 4.78 is 0. The summed E-state index contributed by atoms with van der Waals surface area (Å²) in [6, 6.07) is 0. The van der Waals surface area contributed by atoms with Crippen LogP contribution in [0.1, 0.15) is 79.1 Å². The maximum absolute atomic E-state index is 12.4. The Labute approximate surface area is 118 Å². The highest BCUT2D eigenvalue weighted by Gasteiger charge is 2.62. The fourth-order valence-electron chi connectivity index (χ4n) is 6.43. The van der Waals surface area contributed by atoms with Gasteiger partial charge in [0.15, 0.2) is 0 Å². The number of hydrogen-bond acceptors (Lipinski definition) is 1. The molecule has 19 heavy (non-hydrogen) atoms. The Kier molecular flexibility index (Phi) is 2.93. The lowest BCUT2D eigenvalue weighted by Crippen LogP contribution is -2.54. The monoisotopic (exact) mass is 262 g/mol. The minimum Gasteiger partial charge on any atom is -0.299 e. The molecule has 0 N–H and O–H groups in total. The number of fused-ring (bicyclic) bond motifs is 3. The van der Waals surface area contributed by atoms with E-state index in [1.165, 1.54) is 38.5 Å². The highest BCUT2D eigenvalue weighted by molar-refractivity contribution is 5.87. The van der Waals surface area contributed by atoms with Crippen molar-refractivity contribution >= 4 is 5.78 Å². The van der Waals surface area contributed by atoms with Crippen LogP contribution >= 0.6 is 0 Å². The summed E-state index contributed by atoms with van der Waals surface area (Å²) in [6.45, 7) is 9.71. The molecule has 0 aromatic carbocycles. The lowest BCUT2D eigenvalue weighted by atomic mass is 9.43. The summed E-state index contributed by atoms with van der Waals surface area (Å²) in [5.74, 6) is 2.08. The van der Waals surface area contributed by atoms with Gasteiger partial charge in [0.2, 0.25) is 0 Å². The Hall–Kier alpha value is -0.330. The van der Waals surface area contributed by atoms with Gasteiger partial charge in [-0.3, -0.25) is 4.79 Å². The van der Waals surface area contributed by atoms with Crippen LogP contribution in [-0.2, 0) is 4.79 Å². The molecule has 1 heteroatoms. The largest absolute Gasteiger partial charge is 0.299 e. The van der Waals surface area contributed by atoms with E-state index in [1.54, 1.807) is 0 Å². The standard InChI is InChI=1S/C18H30O/c1-5-16(2)10-6-11-17(3)13(16)9-12-18(4)14(17)7-8-15(18)19/h13-14H,5-12H2,1-4H3/t13-,14+,16+,17-,18-/m0/s1. The van der Waals surface area contributed by atoms with Crippen molar-refractivity contribution in [2.75, 3.05) is 0 Å². The van der Waals surface area contributed by atoms with Gasteiger partial charge < -0.3 is 0 Å². The average molecular weight is 262 g/mol. The van der Waals surface area contributed by atoms with E-state index in [0.717, 1.165) is 18.8 Å². The van der Waals surface area contributed by atoms with Crippen LogP contribution < -0.4 is 0 Å². The van der Waals surface area contributed by atoms with Gasteiger partial charge in [-0.2, -0.15) is 0 Å². The van der Waals surface area contributed by atoms with E-state index in [1.807, 2.05) is 0 Å². The van der Waals surface area contributed by atoms with Gasteiger partial charge in [-0.1, -0.05) is 40.5 Å². The van der Waals surface area contributed by atoms with Crippen molar-refractivity contribution in [3.63, 3.8) is 0 Å². The number of carbonyl (C=O) groups is 1. The zero-order chi connectivity index (χ0) is 13.9. The fraction of sp³-hybridized carbons (Fsp3) is 0.944. The van der Waals surface area contributed by atoms with Gasteiger partial charge in [0.25, 0.3) is 0 Å². The molecule has 0 aromatic rings. The second kappa shape index (κ2) is 4.09. The van der Waals surface area contributed by atoms with E-state index in [9.17, 15) is 4.79 Å². The minimum absolute atomic E-state index is 0.0250. The summed E-state index contributed by atoms with van der Waals surface area (Å²) in [5, 5.41) is 0. The van der Waals surface area contributed by atoms with Crippen molar-refractivity contribution in [3.05, 3.63) is 0 Å². The van der Waals surface area contributed by atoms with E-state index >= 15 is 0 Å². The second-order valence-corrected chi connectivity index (χ2v) is 8.39. The first-order valence-electron chi connectivity index (χ1n) is 8.40. The van der Waals surface area contributed by atoms with Crippen LogP contribution in [-0.4, -0.2) is 5.78 Å². The van der Waals surface area contributed by atoms with Crippen molar-refractivity contribution in [3.8, 4) is 0 Å². The van der Waals surface area contributed by atoms with Crippen LogP contribution in [0.15, 0.2) is 0 Å². The molecule has 3 rings (SSSR count). The molecule has 0 aliphatic heterocycles. The summed E-state index contributed by atoms with van der Waals surface area (Å²) >= 11 is 0. The predicted octanol–water partition coefficient (Wildman–Crippen LogP) is 4.99. The van der Waals surface area contributed by atoms with Crippen molar-refractivity contribution in [2.24, 2.45) is 28.1 Å². The predicted molar refractivity (Wildman–Crippen MR) is 78.9 cm³/mol. The Morgan fingerprint density at radius 3 is 2.47 bits per heavy atom. The van der Waals surface area contributed by atoms with Crippen LogP contribution in [0.25, 0.3) is 0 Å². The smallest absolute Gasteiger partial charge is 0.139 e. The Morgan fingerprint density at radius 2 is 1.79 bits per heavy atom. The van der Waals surface area contributed by atoms with E-state index in [-0.39, 0.29) is 5.41 Å². The molecule has 3 saturated carbocycles. The maximum Gasteiger partial charge on any atom is 0.139 e. The molecule has 0 saturated heterocycles. The summed E-state index contributed by atoms with van der Waals surface area (Å²) in [4.78, 5) is 12.4. The van der Waals surface area contributed by atoms with Gasteiger partial charge >= 0.3 is 0 Å². The third kappa shape index (κ3) is 1.63. The van der Waals surface area contributed by atoms with E-state index in [4.69, 9.17) is 0 Å². The third-order valence-electron chi connectivity index (χ3n) is 7.72. The SMILES string of the molecule is CC[C@]1(C)CCC[C@]2(C)[C@H]3CCC(=O)[C@@]3(C)CC[C@@H]12. The first kappa shape index (κ1) is 13.6. The molecule has 0 radical (unpaired) electrons. The number of rotatable bonds is 1. The number of Topliss-reactive ketones (excluding diaryl/α,β-unsaturated/α-hetero) is 1. The van der Waals surface area contributed by atoms with Gasteiger partial charge in [-0.25, -0.2) is 0 Å². The van der Waals surface area contributed by atoms with Crippen LogP contribution in [0.3, 0.4) is 0 Å². The van der Waals surface area contributed by atoms with E-state index in [0.29, 0.717) is 22.5 Å². The lowest BCUT2D eigenvalue weighted by Gasteiger charge is -2.61. The van der Waals surface area contributed by atoms with Gasteiger partial charge in [0.1, 0.15) is 5.78 Å². The summed E-state index contributed by atoms with van der Waals surface area (Å²) in [6.07, 6.45) is 9.92. The van der Waals surface area contributed by atoms with Crippen molar-refractivity contribution < 1.29 is 4.79 Å². The fourth-order valence-corrected chi connectivity index (χ4v) is 6.43. The molecule has 0 unspecified atom stereocenters. The molecule has 3 aliphatic rings. The maximum atomic E-state index is 12.4. The highest BCUT2D eigenvalue weighted by atomic mass is 16.1. The zero-order valence-corrected chi connectivity index (χ0v) is 13.2. The molecule has 0 spiro atoms. The van der Waals surface area contributed by atoms with E-state index in [2.05, 4.69) is 27.7 Å². The van der Waals surface area contributed by atoms with E-state index < -0.39 is 0 Å². The van der Waals surface area contributed by atoms with Gasteiger partial charge in [0.05, 0.1) is 0 Å². The van der Waals surface area contributed by atoms with Crippen molar-refractivity contribution in [2.45, 2.75) is 79.1 Å². The summed E-state index contributed by atoms with van der Waals surface area (Å²) in [7, 11) is 0. The van der Waals surface area contributed by atoms with Crippen LogP contribution in [0.4, 0.5) is 0 Å². The molecule has 0 heterocycles. The third-order valence-corrected chi connectivity index (χ3v) is 7.72. The molecule has 0 aromatic heterocycles. The number of carbonyl (C=O) groups excluding carboxylic acids is 1. The quantitative estimate of drug-likeness (QED) is 0.650. The molecule has 5 atom stereocenters. The topological polar surface area (TPSA) is 17.1 Å². The first-order valence-corrected chi connectivity index (χ1v) is 8.40. The molecule has 0 amide bonds. The normalized spacial score (nSPS) is 53.8. The van der Waals surface area contributed by atoms with Crippen molar-refractivity contribution in [1.82, 2.24) is 0 Å². The Balaban J connectivity index is 2.00. The number of hydrogen-bond donors (Lipinski definition) is 0. The first-order chi connectivity index (χ1) is 8.87. The Morgan fingerprint density at radius 1 is 1.05 bits per heavy atom. The second-order valence-electron chi connectivity index (χ2n) is 8.39. The summed E-state index contributed by atoms with van der Waals surface area (Å²) in [5.41, 5.74) is 0.985. The van der Waals surface area contributed by atoms with Crippen LogP contribution in [0.5, 0.6) is 0 Å². The van der Waals surface area contributed by atoms with Crippen LogP contribution in [0, 0.1) is 28.1 Å². The van der Waals surface area contributed by atoms with Crippen LogP contribution in [0.2, 0.25) is 0 Å². The van der Waals surface area contributed by atoms with Gasteiger partial charge in [0, 0.05) is 11.8 Å². The molecule has 0 bridgehead atoms. The molecule has 108 valence electrons. The zero-order valence-electron chi connectivity index (χ0n) is 13.2. The molecule has 1 nitrogen and oxygen atoms in total. The lowest BCUT2D eigenvalue weighted by molar-refractivity contribution is -0.147. The van der Waals surface area contributed by atoms with Gasteiger partial charge in [-0.05, 0) is 54.8 Å². The highest BCUT2D eigenvalue weighted by Crippen LogP contribution is 2.68. The molecule has 3 aliphatic carbocycles. The van der Waals surface area contributed by atoms with Crippen molar-refractivity contribution in [1.29, 1.82) is 0 Å². The van der Waals surface area contributed by atoms with Gasteiger partial charge in [-0.15, -0.1) is 0 Å². The molecular weight excluding hydrogens is 232 g/mol. The number of ketones is 1. The average Bonchev–Trinajstić information content (AvgIpc) is 2.67. The molecule has 3 fully saturated rings. The molecular formula is C18H30O. The minimum atomic E-state index is 0.0250. The Bertz CT molecular complexity index is 400.